The average molecular weight is 267 g/mol. The minimum absolute atomic E-state index is 0.621. The number of aryl methyl sites for hydroxylation is 1. The van der Waals surface area contributed by atoms with Crippen LogP contribution in [-0.2, 0) is 6.54 Å². The molecule has 1 atom stereocenters. The molecule has 2 N–H and O–H groups in total. The Balaban J connectivity index is 2.00. The highest BCUT2D eigenvalue weighted by Gasteiger charge is 2.19. The summed E-state index contributed by atoms with van der Waals surface area (Å²) in [4.78, 5) is 8.38. The Labute approximate surface area is 114 Å². The van der Waals surface area contributed by atoms with E-state index in [1.165, 1.54) is 48.7 Å². The van der Waals surface area contributed by atoms with Crippen LogP contribution in [0.15, 0.2) is 0 Å². The summed E-state index contributed by atoms with van der Waals surface area (Å²) in [6, 6.07) is 0. The average Bonchev–Trinajstić information content (AvgIpc) is 2.59. The number of rotatable bonds is 4. The van der Waals surface area contributed by atoms with E-state index in [2.05, 4.69) is 23.7 Å². The zero-order valence-corrected chi connectivity index (χ0v) is 12.4. The second-order valence-electron chi connectivity index (χ2n) is 5.28. The van der Waals surface area contributed by atoms with Gasteiger partial charge in [-0.15, -0.1) is 11.3 Å². The minimum Gasteiger partial charge on any atom is -0.348 e. The zero-order valence-electron chi connectivity index (χ0n) is 11.6. The smallest absolute Gasteiger partial charge is 0.185 e. The van der Waals surface area contributed by atoms with E-state index in [1.54, 1.807) is 11.3 Å². The Morgan fingerprint density at radius 2 is 2.22 bits per heavy atom. The Kier molecular flexibility index (Phi) is 5.01. The topological polar surface area (TPSA) is 42.2 Å². The molecule has 2 heterocycles. The summed E-state index contributed by atoms with van der Waals surface area (Å²) in [7, 11) is 0. The summed E-state index contributed by atoms with van der Waals surface area (Å²) in [5.41, 5.74) is 6.86. The van der Waals surface area contributed by atoms with E-state index in [-0.39, 0.29) is 0 Å². The lowest BCUT2D eigenvalue weighted by Gasteiger charge is -2.19. The normalized spacial score (nSPS) is 21.1. The third-order valence-corrected chi connectivity index (χ3v) is 5.12. The first-order chi connectivity index (χ1) is 8.74. The Hall–Kier alpha value is -0.610. The molecule has 1 aromatic heterocycles. The van der Waals surface area contributed by atoms with Gasteiger partial charge in [-0.3, -0.25) is 0 Å². The first kappa shape index (κ1) is 13.8. The molecule has 102 valence electrons. The third-order valence-electron chi connectivity index (χ3n) is 3.88. The van der Waals surface area contributed by atoms with Crippen molar-refractivity contribution in [1.82, 2.24) is 4.98 Å². The highest BCUT2D eigenvalue weighted by Crippen LogP contribution is 2.29. The van der Waals surface area contributed by atoms with E-state index >= 15 is 0 Å². The number of anilines is 1. The van der Waals surface area contributed by atoms with E-state index in [4.69, 9.17) is 5.73 Å². The third kappa shape index (κ3) is 3.23. The molecule has 0 radical (unpaired) electrons. The maximum absolute atomic E-state index is 5.74. The largest absolute Gasteiger partial charge is 0.348 e. The van der Waals surface area contributed by atoms with Crippen molar-refractivity contribution in [2.24, 2.45) is 11.7 Å². The lowest BCUT2D eigenvalue weighted by molar-refractivity contribution is 0.435. The van der Waals surface area contributed by atoms with E-state index in [1.807, 2.05) is 0 Å². The number of aromatic nitrogens is 1. The fourth-order valence-electron chi connectivity index (χ4n) is 2.79. The van der Waals surface area contributed by atoms with Crippen molar-refractivity contribution in [3.8, 4) is 0 Å². The van der Waals surface area contributed by atoms with Gasteiger partial charge in [-0.25, -0.2) is 4.98 Å². The van der Waals surface area contributed by atoms with Gasteiger partial charge in [-0.1, -0.05) is 19.8 Å². The van der Waals surface area contributed by atoms with Crippen molar-refractivity contribution in [2.45, 2.75) is 52.5 Å². The van der Waals surface area contributed by atoms with Crippen molar-refractivity contribution in [3.05, 3.63) is 10.6 Å². The van der Waals surface area contributed by atoms with Crippen LogP contribution >= 0.6 is 11.3 Å². The predicted molar refractivity (Wildman–Crippen MR) is 79.2 cm³/mol. The molecule has 1 aliphatic rings. The molecule has 1 aromatic rings. The van der Waals surface area contributed by atoms with E-state index in [0.717, 1.165) is 18.2 Å². The van der Waals surface area contributed by atoms with E-state index in [0.29, 0.717) is 6.54 Å². The molecule has 1 unspecified atom stereocenters. The molecule has 1 fully saturated rings. The van der Waals surface area contributed by atoms with Crippen LogP contribution in [0.1, 0.15) is 49.6 Å². The van der Waals surface area contributed by atoms with Crippen molar-refractivity contribution < 1.29 is 0 Å². The highest BCUT2D eigenvalue weighted by molar-refractivity contribution is 7.15. The molecule has 3 nitrogen and oxygen atoms in total. The number of hydrogen-bond acceptors (Lipinski definition) is 4. The number of nitrogens with zero attached hydrogens (tertiary/aromatic N) is 2. The fraction of sp³-hybridized carbons (Fsp3) is 0.786. The number of hydrogen-bond donors (Lipinski definition) is 1. The maximum atomic E-state index is 5.74. The molecule has 0 aliphatic carbocycles. The molecule has 4 heteroatoms. The molecule has 0 spiro atoms. The summed E-state index contributed by atoms with van der Waals surface area (Å²) in [6.07, 6.45) is 6.72. The van der Waals surface area contributed by atoms with Gasteiger partial charge < -0.3 is 10.6 Å². The van der Waals surface area contributed by atoms with E-state index < -0.39 is 0 Å². The molecule has 1 aliphatic heterocycles. The van der Waals surface area contributed by atoms with Crippen molar-refractivity contribution in [1.29, 1.82) is 0 Å². The van der Waals surface area contributed by atoms with Crippen LogP contribution in [0.5, 0.6) is 0 Å². The van der Waals surface area contributed by atoms with Crippen molar-refractivity contribution in [2.75, 3.05) is 18.0 Å². The Bertz CT molecular complexity index is 375. The predicted octanol–water partition coefficient (Wildman–Crippen LogP) is 3.32. The van der Waals surface area contributed by atoms with Crippen molar-refractivity contribution >= 4 is 16.5 Å². The van der Waals surface area contributed by atoms with Gasteiger partial charge in [0.2, 0.25) is 0 Å². The van der Waals surface area contributed by atoms with Crippen LogP contribution in [-0.4, -0.2) is 18.1 Å². The SMILES string of the molecule is CCCC1CCCN(c2nc(C)c(CN)s2)CC1. The van der Waals surface area contributed by atoms with Crippen LogP contribution in [0.4, 0.5) is 5.13 Å². The van der Waals surface area contributed by atoms with E-state index in [9.17, 15) is 0 Å². The van der Waals surface area contributed by atoms with Crippen LogP contribution in [0.2, 0.25) is 0 Å². The Morgan fingerprint density at radius 1 is 1.39 bits per heavy atom. The van der Waals surface area contributed by atoms with Crippen molar-refractivity contribution in [3.63, 3.8) is 0 Å². The second kappa shape index (κ2) is 6.53. The first-order valence-corrected chi connectivity index (χ1v) is 7.97. The molecule has 1 saturated heterocycles. The van der Waals surface area contributed by atoms with Gasteiger partial charge in [-0.2, -0.15) is 0 Å². The summed E-state index contributed by atoms with van der Waals surface area (Å²) in [5, 5.41) is 1.19. The Morgan fingerprint density at radius 3 is 2.89 bits per heavy atom. The summed E-state index contributed by atoms with van der Waals surface area (Å²) >= 11 is 1.78. The van der Waals surface area contributed by atoms with Crippen LogP contribution in [0.25, 0.3) is 0 Å². The highest BCUT2D eigenvalue weighted by atomic mass is 32.1. The van der Waals surface area contributed by atoms with Gasteiger partial charge in [0.15, 0.2) is 5.13 Å². The first-order valence-electron chi connectivity index (χ1n) is 7.16. The lowest BCUT2D eigenvalue weighted by atomic mass is 9.96. The molecular formula is C14H25N3S. The quantitative estimate of drug-likeness (QED) is 0.910. The van der Waals surface area contributed by atoms with Gasteiger partial charge >= 0.3 is 0 Å². The van der Waals surface area contributed by atoms with Crippen LogP contribution in [0, 0.1) is 12.8 Å². The summed E-state index contributed by atoms with van der Waals surface area (Å²) in [5.74, 6) is 0.926. The lowest BCUT2D eigenvalue weighted by Crippen LogP contribution is -2.24. The van der Waals surface area contributed by atoms with Gasteiger partial charge in [0.05, 0.1) is 5.69 Å². The van der Waals surface area contributed by atoms with Crippen LogP contribution in [0.3, 0.4) is 0 Å². The van der Waals surface area contributed by atoms with Gasteiger partial charge in [-0.05, 0) is 32.1 Å². The number of thiazole rings is 1. The molecular weight excluding hydrogens is 242 g/mol. The monoisotopic (exact) mass is 267 g/mol. The van der Waals surface area contributed by atoms with Gasteiger partial charge in [0, 0.05) is 24.5 Å². The molecule has 2 rings (SSSR count). The molecule has 18 heavy (non-hydrogen) atoms. The summed E-state index contributed by atoms with van der Waals surface area (Å²) in [6.45, 7) is 7.31. The fourth-order valence-corrected chi connectivity index (χ4v) is 3.78. The summed E-state index contributed by atoms with van der Waals surface area (Å²) < 4.78 is 0. The van der Waals surface area contributed by atoms with Gasteiger partial charge in [0.1, 0.15) is 0 Å². The second-order valence-corrected chi connectivity index (χ2v) is 6.34. The molecule has 0 amide bonds. The molecule has 0 aromatic carbocycles. The van der Waals surface area contributed by atoms with Gasteiger partial charge in [0.25, 0.3) is 0 Å². The minimum atomic E-state index is 0.621. The van der Waals surface area contributed by atoms with Crippen LogP contribution < -0.4 is 10.6 Å². The standard InChI is InChI=1S/C14H25N3S/c1-3-5-12-6-4-8-17(9-7-12)14-16-11(2)13(10-15)18-14/h12H,3-10,15H2,1-2H3. The molecule has 0 saturated carbocycles. The number of nitrogens with two attached hydrogens (primary N) is 1. The maximum Gasteiger partial charge on any atom is 0.185 e. The zero-order chi connectivity index (χ0) is 13.0. The molecule has 0 bridgehead atoms.